The molecule has 2 aromatic rings. The highest BCUT2D eigenvalue weighted by molar-refractivity contribution is 5.92. The molecule has 0 radical (unpaired) electrons. The Labute approximate surface area is 185 Å². The van der Waals surface area contributed by atoms with Crippen LogP contribution in [0.5, 0.6) is 0 Å². The third kappa shape index (κ3) is 4.94. The number of hydrogen-bond acceptors (Lipinski definition) is 4. The van der Waals surface area contributed by atoms with E-state index in [0.29, 0.717) is 23.4 Å². The van der Waals surface area contributed by atoms with E-state index >= 15 is 0 Å². The third-order valence-corrected chi connectivity index (χ3v) is 5.37. The van der Waals surface area contributed by atoms with Crippen molar-refractivity contribution in [3.8, 4) is 11.3 Å². The predicted molar refractivity (Wildman–Crippen MR) is 108 cm³/mol. The van der Waals surface area contributed by atoms with E-state index in [2.05, 4.69) is 5.32 Å². The Morgan fingerprint density at radius 1 is 0.970 bits per heavy atom. The Morgan fingerprint density at radius 3 is 2.06 bits per heavy atom. The van der Waals surface area contributed by atoms with Crippen molar-refractivity contribution in [2.45, 2.75) is 46.0 Å². The number of esters is 1. The smallest absolute Gasteiger partial charge is 0.416 e. The Bertz CT molecular complexity index is 1110. The number of allylic oxidation sites excluding steroid dienone is 3. The van der Waals surface area contributed by atoms with E-state index in [-0.39, 0.29) is 35.3 Å². The molecule has 0 aliphatic carbocycles. The molecule has 1 aromatic carbocycles. The van der Waals surface area contributed by atoms with E-state index in [1.165, 1.54) is 12.1 Å². The summed E-state index contributed by atoms with van der Waals surface area (Å²) in [7, 11) is 0. The molecule has 1 N–H and O–H groups in total. The lowest BCUT2D eigenvalue weighted by molar-refractivity contribution is -0.143. The van der Waals surface area contributed by atoms with Gasteiger partial charge in [0.25, 0.3) is 0 Å². The minimum absolute atomic E-state index is 0.0569. The van der Waals surface area contributed by atoms with E-state index in [4.69, 9.17) is 9.15 Å². The predicted octanol–water partition coefficient (Wildman–Crippen LogP) is 6.80. The number of carbonyl (C=O) groups is 1. The second-order valence-electron chi connectivity index (χ2n) is 7.62. The molecule has 1 aliphatic heterocycles. The van der Waals surface area contributed by atoms with E-state index in [0.717, 1.165) is 5.70 Å². The van der Waals surface area contributed by atoms with Crippen LogP contribution in [-0.2, 0) is 21.9 Å². The first kappa shape index (κ1) is 24.5. The second kappa shape index (κ2) is 8.64. The molecule has 1 aromatic heterocycles. The van der Waals surface area contributed by atoms with Crippen LogP contribution in [0.1, 0.15) is 50.5 Å². The van der Waals surface area contributed by atoms with E-state index < -0.39 is 35.4 Å². The van der Waals surface area contributed by atoms with Gasteiger partial charge in [-0.1, -0.05) is 0 Å². The minimum atomic E-state index is -4.98. The lowest BCUT2D eigenvalue weighted by atomic mass is 9.84. The molecule has 178 valence electrons. The number of ether oxygens (including phenoxy) is 1. The monoisotopic (exact) mass is 473 g/mol. The maximum Gasteiger partial charge on any atom is 0.416 e. The third-order valence-electron chi connectivity index (χ3n) is 5.37. The molecule has 4 nitrogen and oxygen atoms in total. The lowest BCUT2D eigenvalue weighted by Gasteiger charge is -2.28. The molecule has 33 heavy (non-hydrogen) atoms. The number of alkyl halides is 6. The van der Waals surface area contributed by atoms with Gasteiger partial charge in [-0.05, 0) is 63.6 Å². The molecule has 1 aliphatic rings. The van der Waals surface area contributed by atoms with Gasteiger partial charge in [0, 0.05) is 17.0 Å². The van der Waals surface area contributed by atoms with Crippen molar-refractivity contribution < 1.29 is 40.3 Å². The first-order valence-electron chi connectivity index (χ1n) is 9.95. The Balaban J connectivity index is 2.13. The number of halogens is 6. The van der Waals surface area contributed by atoms with Crippen LogP contribution in [0.4, 0.5) is 26.3 Å². The summed E-state index contributed by atoms with van der Waals surface area (Å²) in [6.45, 7) is 6.95. The van der Waals surface area contributed by atoms with Crippen LogP contribution >= 0.6 is 0 Å². The van der Waals surface area contributed by atoms with Gasteiger partial charge in [0.1, 0.15) is 11.5 Å². The van der Waals surface area contributed by atoms with Crippen molar-refractivity contribution in [1.82, 2.24) is 5.32 Å². The Morgan fingerprint density at radius 2 is 1.55 bits per heavy atom. The number of hydrogen-bond donors (Lipinski definition) is 1. The fourth-order valence-electron chi connectivity index (χ4n) is 3.69. The van der Waals surface area contributed by atoms with Gasteiger partial charge >= 0.3 is 18.3 Å². The summed E-state index contributed by atoms with van der Waals surface area (Å²) in [5.74, 6) is -1.31. The first-order valence-corrected chi connectivity index (χ1v) is 9.95. The van der Waals surface area contributed by atoms with Gasteiger partial charge in [-0.2, -0.15) is 26.3 Å². The van der Waals surface area contributed by atoms with E-state index in [9.17, 15) is 31.1 Å². The first-order chi connectivity index (χ1) is 15.2. The quantitative estimate of drug-likeness (QED) is 0.392. The summed E-state index contributed by atoms with van der Waals surface area (Å²) in [6, 6.07) is 3.97. The summed E-state index contributed by atoms with van der Waals surface area (Å²) < 4.78 is 90.2. The number of furan rings is 1. The Kier molecular flexibility index (Phi) is 6.41. The summed E-state index contributed by atoms with van der Waals surface area (Å²) in [6.07, 6.45) is -9.96. The lowest BCUT2D eigenvalue weighted by Crippen LogP contribution is -2.28. The average Bonchev–Trinajstić information content (AvgIpc) is 3.18. The van der Waals surface area contributed by atoms with E-state index in [1.807, 2.05) is 0 Å². The van der Waals surface area contributed by atoms with Crippen LogP contribution in [0.25, 0.3) is 11.3 Å². The molecule has 2 heterocycles. The van der Waals surface area contributed by atoms with Crippen molar-refractivity contribution in [1.29, 1.82) is 0 Å². The molecule has 0 saturated heterocycles. The normalized spacial score (nSPS) is 17.3. The van der Waals surface area contributed by atoms with Crippen LogP contribution in [0.3, 0.4) is 0 Å². The fourth-order valence-corrected chi connectivity index (χ4v) is 3.69. The minimum Gasteiger partial charge on any atom is -0.463 e. The van der Waals surface area contributed by atoms with Crippen LogP contribution in [0.15, 0.2) is 57.3 Å². The summed E-state index contributed by atoms with van der Waals surface area (Å²) in [5, 5.41) is 3.07. The standard InChI is InChI=1S/C23H21F6NO3/c1-5-32-21(31)20-13(4)30-12(3)11(2)19(20)18-7-6-17(33-18)14-8-15(22(24,25)26)10-16(9-14)23(27,28)29/h6-10,19,30H,5H2,1-4H3. The van der Waals surface area contributed by atoms with E-state index in [1.54, 1.807) is 27.7 Å². The number of carbonyl (C=O) groups excluding carboxylic acids is 1. The van der Waals surface area contributed by atoms with Gasteiger partial charge in [0.2, 0.25) is 0 Å². The summed E-state index contributed by atoms with van der Waals surface area (Å²) in [4.78, 5) is 12.6. The van der Waals surface area contributed by atoms with Gasteiger partial charge in [0.05, 0.1) is 29.2 Å². The van der Waals surface area contributed by atoms with Crippen molar-refractivity contribution >= 4 is 5.97 Å². The topological polar surface area (TPSA) is 51.5 Å². The number of rotatable bonds is 4. The Hall–Kier alpha value is -3.17. The van der Waals surface area contributed by atoms with Crippen molar-refractivity contribution in [2.75, 3.05) is 6.61 Å². The largest absolute Gasteiger partial charge is 0.463 e. The number of benzene rings is 1. The van der Waals surface area contributed by atoms with Crippen molar-refractivity contribution in [3.63, 3.8) is 0 Å². The van der Waals surface area contributed by atoms with Crippen LogP contribution < -0.4 is 5.32 Å². The molecule has 0 bridgehead atoms. The summed E-state index contributed by atoms with van der Waals surface area (Å²) in [5.41, 5.74) is -1.07. The molecule has 3 rings (SSSR count). The van der Waals surface area contributed by atoms with Crippen LogP contribution in [0, 0.1) is 0 Å². The zero-order chi connectivity index (χ0) is 24.7. The fraction of sp³-hybridized carbons (Fsp3) is 0.348. The molecule has 1 atom stereocenters. The molecule has 0 amide bonds. The van der Waals surface area contributed by atoms with Crippen LogP contribution in [0.2, 0.25) is 0 Å². The van der Waals surface area contributed by atoms with Gasteiger partial charge in [-0.25, -0.2) is 4.79 Å². The highest BCUT2D eigenvalue weighted by atomic mass is 19.4. The highest BCUT2D eigenvalue weighted by Crippen LogP contribution is 2.42. The maximum atomic E-state index is 13.2. The molecule has 0 spiro atoms. The van der Waals surface area contributed by atoms with Crippen LogP contribution in [-0.4, -0.2) is 12.6 Å². The number of dihydropyridines is 1. The van der Waals surface area contributed by atoms with Crippen molar-refractivity contribution in [2.24, 2.45) is 0 Å². The summed E-state index contributed by atoms with van der Waals surface area (Å²) >= 11 is 0. The molecular formula is C23H21F6NO3. The molecule has 10 heteroatoms. The second-order valence-corrected chi connectivity index (χ2v) is 7.62. The zero-order valence-electron chi connectivity index (χ0n) is 18.2. The van der Waals surface area contributed by atoms with Gasteiger partial charge in [-0.15, -0.1) is 0 Å². The average molecular weight is 473 g/mol. The molecule has 1 unspecified atom stereocenters. The maximum absolute atomic E-state index is 13.2. The van der Waals surface area contributed by atoms with Gasteiger partial charge < -0.3 is 14.5 Å². The van der Waals surface area contributed by atoms with Crippen molar-refractivity contribution in [3.05, 3.63) is 69.8 Å². The molecular weight excluding hydrogens is 452 g/mol. The SMILES string of the molecule is CCOC(=O)C1=C(C)NC(C)=C(C)C1c1ccc(-c2cc(C(F)(F)F)cc(C(F)(F)F)c2)o1. The molecule has 0 saturated carbocycles. The van der Waals surface area contributed by atoms with Gasteiger partial charge in [-0.3, -0.25) is 0 Å². The zero-order valence-corrected chi connectivity index (χ0v) is 18.2. The highest BCUT2D eigenvalue weighted by Gasteiger charge is 2.38. The molecule has 0 fully saturated rings. The van der Waals surface area contributed by atoms with Gasteiger partial charge in [0.15, 0.2) is 0 Å². The number of nitrogens with one attached hydrogen (secondary N) is 1.